The van der Waals surface area contributed by atoms with Crippen LogP contribution in [0, 0.1) is 5.92 Å². The van der Waals surface area contributed by atoms with Crippen molar-refractivity contribution >= 4 is 16.2 Å². The fourth-order valence-corrected chi connectivity index (χ4v) is 3.91. The van der Waals surface area contributed by atoms with E-state index in [0.717, 1.165) is 37.7 Å². The number of hydrogen-bond donors (Lipinski definition) is 2. The van der Waals surface area contributed by atoms with E-state index in [1.54, 1.807) is 12.1 Å². The van der Waals surface area contributed by atoms with Crippen molar-refractivity contribution in [3.8, 4) is 0 Å². The summed E-state index contributed by atoms with van der Waals surface area (Å²) < 4.78 is 36.0. The third kappa shape index (κ3) is 7.74. The molecule has 0 unspecified atom stereocenters. The first-order valence-electron chi connectivity index (χ1n) is 9.03. The molecule has 1 saturated carbocycles. The van der Waals surface area contributed by atoms with Gasteiger partial charge in [-0.3, -0.25) is 4.55 Å². The summed E-state index contributed by atoms with van der Waals surface area (Å²) in [5.74, 6) is 0.202. The summed E-state index contributed by atoms with van der Waals surface area (Å²) in [6, 6.07) is 7.51. The van der Waals surface area contributed by atoms with E-state index >= 15 is 0 Å². The van der Waals surface area contributed by atoms with Crippen LogP contribution >= 0.6 is 0 Å². The molecule has 0 heterocycles. The first-order chi connectivity index (χ1) is 12.0. The first kappa shape index (κ1) is 20.7. The van der Waals surface area contributed by atoms with Gasteiger partial charge in [0.1, 0.15) is 11.4 Å². The molecule has 1 fully saturated rings. The fourth-order valence-electron chi connectivity index (χ4n) is 3.30. The molecular formula is C19H29NO5S. The Balaban J connectivity index is 1.77. The summed E-state index contributed by atoms with van der Waals surface area (Å²) in [5, 5.41) is 2.95. The van der Waals surface area contributed by atoms with Gasteiger partial charge in [-0.2, -0.15) is 8.42 Å². The second-order valence-corrected chi connectivity index (χ2v) is 9.56. The van der Waals surface area contributed by atoms with Gasteiger partial charge < -0.3 is 10.1 Å². The summed E-state index contributed by atoms with van der Waals surface area (Å²) in [6.45, 7) is 5.56. The van der Waals surface area contributed by atoms with Gasteiger partial charge in [-0.15, -0.1) is 0 Å². The molecule has 0 aliphatic heterocycles. The first-order valence-corrected chi connectivity index (χ1v) is 10.6. The van der Waals surface area contributed by atoms with Crippen LogP contribution in [0.5, 0.6) is 0 Å². The molecule has 146 valence electrons. The highest BCUT2D eigenvalue weighted by Crippen LogP contribution is 2.28. The Morgan fingerprint density at radius 3 is 2.15 bits per heavy atom. The van der Waals surface area contributed by atoms with E-state index in [4.69, 9.17) is 9.29 Å². The maximum atomic E-state index is 11.8. The zero-order chi connectivity index (χ0) is 19.4. The van der Waals surface area contributed by atoms with Crippen molar-refractivity contribution in [3.05, 3.63) is 35.4 Å². The SMILES string of the molecule is CC(C)(C)OC(=O)NC1CCC(Cc2ccc(CS(=O)(=O)O)cc2)CC1. The number of nitrogens with one attached hydrogen (secondary N) is 1. The summed E-state index contributed by atoms with van der Waals surface area (Å²) >= 11 is 0. The molecule has 26 heavy (non-hydrogen) atoms. The summed E-state index contributed by atoms with van der Waals surface area (Å²) in [5.41, 5.74) is 1.26. The van der Waals surface area contributed by atoms with Crippen molar-refractivity contribution in [2.45, 2.75) is 70.3 Å². The second-order valence-electron chi connectivity index (χ2n) is 8.11. The number of alkyl carbamates (subject to hydrolysis) is 1. The molecular weight excluding hydrogens is 354 g/mol. The van der Waals surface area contributed by atoms with Gasteiger partial charge in [-0.05, 0) is 69.9 Å². The number of rotatable bonds is 5. The van der Waals surface area contributed by atoms with Gasteiger partial charge in [0.15, 0.2) is 0 Å². The monoisotopic (exact) mass is 383 g/mol. The predicted molar refractivity (Wildman–Crippen MR) is 101 cm³/mol. The van der Waals surface area contributed by atoms with Crippen LogP contribution in [-0.4, -0.2) is 30.7 Å². The Hall–Kier alpha value is -1.60. The van der Waals surface area contributed by atoms with Crippen LogP contribution in [0.3, 0.4) is 0 Å². The molecule has 0 saturated heterocycles. The van der Waals surface area contributed by atoms with Crippen molar-refractivity contribution in [2.24, 2.45) is 5.92 Å². The van der Waals surface area contributed by atoms with Gasteiger partial charge in [-0.1, -0.05) is 24.3 Å². The Bertz CT molecular complexity index is 698. The second kappa shape index (κ2) is 8.39. The molecule has 1 amide bonds. The normalized spacial score (nSPS) is 21.2. The van der Waals surface area contributed by atoms with Gasteiger partial charge in [0, 0.05) is 6.04 Å². The lowest BCUT2D eigenvalue weighted by Crippen LogP contribution is -2.41. The highest BCUT2D eigenvalue weighted by molar-refractivity contribution is 7.85. The minimum Gasteiger partial charge on any atom is -0.444 e. The smallest absolute Gasteiger partial charge is 0.407 e. The quantitative estimate of drug-likeness (QED) is 0.756. The summed E-state index contributed by atoms with van der Waals surface area (Å²) in [6.07, 6.45) is 4.52. The van der Waals surface area contributed by atoms with Crippen LogP contribution in [0.1, 0.15) is 57.6 Å². The predicted octanol–water partition coefficient (Wildman–Crippen LogP) is 3.70. The number of carbonyl (C=O) groups excluding carboxylic acids is 1. The van der Waals surface area contributed by atoms with Gasteiger partial charge >= 0.3 is 6.09 Å². The van der Waals surface area contributed by atoms with Gasteiger partial charge in [-0.25, -0.2) is 4.79 Å². The van der Waals surface area contributed by atoms with Crippen LogP contribution < -0.4 is 5.32 Å². The molecule has 1 aromatic rings. The lowest BCUT2D eigenvalue weighted by molar-refractivity contribution is 0.0487. The molecule has 1 aliphatic carbocycles. The number of carbonyl (C=O) groups is 1. The van der Waals surface area contributed by atoms with Crippen molar-refractivity contribution in [2.75, 3.05) is 0 Å². The maximum Gasteiger partial charge on any atom is 0.407 e. The van der Waals surface area contributed by atoms with E-state index in [1.165, 1.54) is 0 Å². The van der Waals surface area contributed by atoms with E-state index in [0.29, 0.717) is 11.5 Å². The zero-order valence-corrected chi connectivity index (χ0v) is 16.5. The Morgan fingerprint density at radius 2 is 1.65 bits per heavy atom. The summed E-state index contributed by atoms with van der Waals surface area (Å²) in [4.78, 5) is 11.8. The molecule has 0 aromatic heterocycles. The highest BCUT2D eigenvalue weighted by atomic mass is 32.2. The minimum atomic E-state index is -3.99. The standard InChI is InChI=1S/C19H29NO5S/c1-19(2,3)25-18(21)20-17-10-8-15(9-11-17)12-14-4-6-16(7-5-14)13-26(22,23)24/h4-7,15,17H,8-13H2,1-3H3,(H,20,21)(H,22,23,24). The molecule has 7 heteroatoms. The zero-order valence-electron chi connectivity index (χ0n) is 15.7. The third-order valence-electron chi connectivity index (χ3n) is 4.46. The van der Waals surface area contributed by atoms with Crippen LogP contribution in [0.15, 0.2) is 24.3 Å². The van der Waals surface area contributed by atoms with E-state index in [1.807, 2.05) is 32.9 Å². The van der Waals surface area contributed by atoms with E-state index in [9.17, 15) is 13.2 Å². The van der Waals surface area contributed by atoms with Crippen molar-refractivity contribution in [3.63, 3.8) is 0 Å². The average Bonchev–Trinajstić information content (AvgIpc) is 2.48. The molecule has 0 bridgehead atoms. The number of benzene rings is 1. The van der Waals surface area contributed by atoms with Crippen LogP contribution in [-0.2, 0) is 27.0 Å². The number of amides is 1. The minimum absolute atomic E-state index is 0.165. The van der Waals surface area contributed by atoms with Gasteiger partial charge in [0.2, 0.25) is 0 Å². The topological polar surface area (TPSA) is 92.7 Å². The Labute approximate surface area is 156 Å². The highest BCUT2D eigenvalue weighted by Gasteiger charge is 2.24. The fraction of sp³-hybridized carbons (Fsp3) is 0.632. The molecule has 0 radical (unpaired) electrons. The Morgan fingerprint density at radius 1 is 1.12 bits per heavy atom. The lowest BCUT2D eigenvalue weighted by Gasteiger charge is -2.30. The van der Waals surface area contributed by atoms with Crippen LogP contribution in [0.25, 0.3) is 0 Å². The summed E-state index contributed by atoms with van der Waals surface area (Å²) in [7, 11) is -3.99. The average molecular weight is 384 g/mol. The van der Waals surface area contributed by atoms with Crippen molar-refractivity contribution in [1.82, 2.24) is 5.32 Å². The molecule has 0 atom stereocenters. The van der Waals surface area contributed by atoms with Crippen molar-refractivity contribution < 1.29 is 22.5 Å². The van der Waals surface area contributed by atoms with Gasteiger partial charge in [0.25, 0.3) is 10.1 Å². The molecule has 2 N–H and O–H groups in total. The molecule has 0 spiro atoms. The van der Waals surface area contributed by atoms with Crippen LogP contribution in [0.2, 0.25) is 0 Å². The molecule has 2 rings (SSSR count). The van der Waals surface area contributed by atoms with E-state index < -0.39 is 15.7 Å². The maximum absolute atomic E-state index is 11.8. The largest absolute Gasteiger partial charge is 0.444 e. The number of ether oxygens (including phenoxy) is 1. The van der Waals surface area contributed by atoms with E-state index in [2.05, 4.69) is 5.32 Å². The molecule has 1 aliphatic rings. The van der Waals surface area contributed by atoms with Crippen LogP contribution in [0.4, 0.5) is 4.79 Å². The third-order valence-corrected chi connectivity index (χ3v) is 5.16. The number of hydrogen-bond acceptors (Lipinski definition) is 4. The van der Waals surface area contributed by atoms with Gasteiger partial charge in [0.05, 0.1) is 0 Å². The van der Waals surface area contributed by atoms with E-state index in [-0.39, 0.29) is 17.9 Å². The Kier molecular flexibility index (Phi) is 6.69. The molecule has 1 aromatic carbocycles. The van der Waals surface area contributed by atoms with Crippen molar-refractivity contribution in [1.29, 1.82) is 0 Å². The molecule has 6 nitrogen and oxygen atoms in total. The lowest BCUT2D eigenvalue weighted by atomic mass is 9.82.